The lowest BCUT2D eigenvalue weighted by molar-refractivity contribution is -0.138. The molecule has 3 atom stereocenters. The molecule has 0 amide bonds. The standard InChI is InChI=1S/C6H10O4/c1-9-6-2-4(8)5(3-7)10-6/h3-6,8H,2H2,1H3/t4?,5-,6?/m0/s1. The van der Waals surface area contributed by atoms with Crippen LogP contribution in [-0.4, -0.2) is 37.0 Å². The number of carbonyl (C=O) groups excluding carboxylic acids is 1. The second-order valence-electron chi connectivity index (χ2n) is 2.21. The van der Waals surface area contributed by atoms with Gasteiger partial charge in [-0.25, -0.2) is 0 Å². The molecule has 1 aliphatic rings. The minimum Gasteiger partial charge on any atom is -0.390 e. The molecule has 4 nitrogen and oxygen atoms in total. The Bertz CT molecular complexity index is 125. The lowest BCUT2D eigenvalue weighted by atomic mass is 10.2. The van der Waals surface area contributed by atoms with Crippen molar-refractivity contribution in [3.63, 3.8) is 0 Å². The highest BCUT2D eigenvalue weighted by molar-refractivity contribution is 5.57. The lowest BCUT2D eigenvalue weighted by Gasteiger charge is -2.05. The van der Waals surface area contributed by atoms with Crippen molar-refractivity contribution in [2.24, 2.45) is 0 Å². The first-order chi connectivity index (χ1) is 4.77. The molecule has 4 heteroatoms. The van der Waals surface area contributed by atoms with Crippen molar-refractivity contribution in [1.29, 1.82) is 0 Å². The largest absolute Gasteiger partial charge is 0.390 e. The van der Waals surface area contributed by atoms with Gasteiger partial charge >= 0.3 is 0 Å². The van der Waals surface area contributed by atoms with E-state index in [4.69, 9.17) is 14.6 Å². The fraction of sp³-hybridized carbons (Fsp3) is 0.833. The van der Waals surface area contributed by atoms with E-state index in [0.717, 1.165) is 0 Å². The van der Waals surface area contributed by atoms with E-state index in [1.807, 2.05) is 0 Å². The zero-order valence-electron chi connectivity index (χ0n) is 5.69. The molecular formula is C6H10O4. The van der Waals surface area contributed by atoms with Crippen molar-refractivity contribution in [2.45, 2.75) is 24.9 Å². The van der Waals surface area contributed by atoms with Crippen LogP contribution in [0.1, 0.15) is 6.42 Å². The first-order valence-corrected chi connectivity index (χ1v) is 3.09. The molecule has 1 aliphatic heterocycles. The summed E-state index contributed by atoms with van der Waals surface area (Å²) in [6.07, 6.45) is -0.874. The molecule has 2 unspecified atom stereocenters. The number of ether oxygens (including phenoxy) is 2. The van der Waals surface area contributed by atoms with E-state index < -0.39 is 18.5 Å². The number of carbonyl (C=O) groups is 1. The van der Waals surface area contributed by atoms with Crippen LogP contribution in [0, 0.1) is 0 Å². The average molecular weight is 146 g/mol. The van der Waals surface area contributed by atoms with Crippen LogP contribution in [0.3, 0.4) is 0 Å². The number of hydrogen-bond donors (Lipinski definition) is 1. The Morgan fingerprint density at radius 3 is 2.80 bits per heavy atom. The van der Waals surface area contributed by atoms with Gasteiger partial charge in [-0.1, -0.05) is 0 Å². The quantitative estimate of drug-likeness (QED) is 0.524. The molecule has 1 fully saturated rings. The van der Waals surface area contributed by atoms with Crippen molar-refractivity contribution >= 4 is 6.29 Å². The van der Waals surface area contributed by atoms with Crippen molar-refractivity contribution in [1.82, 2.24) is 0 Å². The smallest absolute Gasteiger partial charge is 0.160 e. The van der Waals surface area contributed by atoms with Crippen molar-refractivity contribution in [3.05, 3.63) is 0 Å². The van der Waals surface area contributed by atoms with E-state index in [2.05, 4.69) is 0 Å². The van der Waals surface area contributed by atoms with Gasteiger partial charge in [0.15, 0.2) is 12.6 Å². The fourth-order valence-corrected chi connectivity index (χ4v) is 0.927. The summed E-state index contributed by atoms with van der Waals surface area (Å²) in [7, 11) is 1.48. The molecule has 1 rings (SSSR count). The van der Waals surface area contributed by atoms with E-state index in [9.17, 15) is 4.79 Å². The van der Waals surface area contributed by atoms with E-state index in [1.165, 1.54) is 7.11 Å². The Hall–Kier alpha value is -0.450. The number of aliphatic hydroxyl groups excluding tert-OH is 1. The SMILES string of the molecule is COC1CC(O)[C@H](C=O)O1. The Kier molecular flexibility index (Phi) is 2.37. The molecule has 0 spiro atoms. The number of methoxy groups -OCH3 is 1. The second-order valence-corrected chi connectivity index (χ2v) is 2.21. The molecular weight excluding hydrogens is 136 g/mol. The van der Waals surface area contributed by atoms with Gasteiger partial charge in [-0.05, 0) is 0 Å². The summed E-state index contributed by atoms with van der Waals surface area (Å²) in [6, 6.07) is 0. The molecule has 10 heavy (non-hydrogen) atoms. The first-order valence-electron chi connectivity index (χ1n) is 3.09. The van der Waals surface area contributed by atoms with E-state index in [0.29, 0.717) is 12.7 Å². The minimum atomic E-state index is -0.706. The Morgan fingerprint density at radius 1 is 1.80 bits per heavy atom. The van der Waals surface area contributed by atoms with Gasteiger partial charge in [0.1, 0.15) is 6.10 Å². The predicted molar refractivity (Wildman–Crippen MR) is 32.4 cm³/mol. The Morgan fingerprint density at radius 2 is 2.50 bits per heavy atom. The van der Waals surface area contributed by atoms with Gasteiger partial charge < -0.3 is 19.4 Å². The van der Waals surface area contributed by atoms with Gasteiger partial charge in [0.25, 0.3) is 0 Å². The number of rotatable bonds is 2. The molecule has 0 radical (unpaired) electrons. The molecule has 0 bridgehead atoms. The third kappa shape index (κ3) is 1.34. The summed E-state index contributed by atoms with van der Waals surface area (Å²) in [5.74, 6) is 0. The van der Waals surface area contributed by atoms with E-state index in [1.54, 1.807) is 0 Å². The molecule has 1 heterocycles. The van der Waals surface area contributed by atoms with E-state index >= 15 is 0 Å². The number of aldehydes is 1. The van der Waals surface area contributed by atoms with Gasteiger partial charge in [-0.3, -0.25) is 0 Å². The maximum absolute atomic E-state index is 10.1. The Labute approximate surface area is 58.7 Å². The van der Waals surface area contributed by atoms with Crippen molar-refractivity contribution in [3.8, 4) is 0 Å². The summed E-state index contributed by atoms with van der Waals surface area (Å²) in [5.41, 5.74) is 0. The highest BCUT2D eigenvalue weighted by Gasteiger charge is 2.33. The Balaban J connectivity index is 2.43. The van der Waals surface area contributed by atoms with E-state index in [-0.39, 0.29) is 0 Å². The summed E-state index contributed by atoms with van der Waals surface area (Å²) < 4.78 is 9.70. The minimum absolute atomic E-state index is 0.375. The maximum atomic E-state index is 10.1. The third-order valence-corrected chi connectivity index (χ3v) is 1.52. The summed E-state index contributed by atoms with van der Waals surface area (Å²) in [6.45, 7) is 0. The summed E-state index contributed by atoms with van der Waals surface area (Å²) in [4.78, 5) is 10.1. The first kappa shape index (κ1) is 7.65. The molecule has 58 valence electrons. The van der Waals surface area contributed by atoms with Gasteiger partial charge in [0.05, 0.1) is 6.10 Å². The van der Waals surface area contributed by atoms with Crippen LogP contribution >= 0.6 is 0 Å². The number of aliphatic hydroxyl groups is 1. The zero-order valence-corrected chi connectivity index (χ0v) is 5.69. The highest BCUT2D eigenvalue weighted by atomic mass is 16.7. The van der Waals surface area contributed by atoms with Crippen LogP contribution in [0.2, 0.25) is 0 Å². The van der Waals surface area contributed by atoms with Gasteiger partial charge in [0, 0.05) is 13.5 Å². The summed E-state index contributed by atoms with van der Waals surface area (Å²) >= 11 is 0. The van der Waals surface area contributed by atoms with Crippen LogP contribution in [0.4, 0.5) is 0 Å². The molecule has 1 N–H and O–H groups in total. The number of hydrogen-bond acceptors (Lipinski definition) is 4. The van der Waals surface area contributed by atoms with Gasteiger partial charge in [-0.15, -0.1) is 0 Å². The summed E-state index contributed by atoms with van der Waals surface area (Å²) in [5, 5.41) is 9.05. The molecule has 0 aromatic rings. The maximum Gasteiger partial charge on any atom is 0.160 e. The monoisotopic (exact) mass is 146 g/mol. The molecule has 0 aromatic carbocycles. The molecule has 1 saturated heterocycles. The lowest BCUT2D eigenvalue weighted by Crippen LogP contribution is -2.21. The van der Waals surface area contributed by atoms with Crippen LogP contribution in [-0.2, 0) is 14.3 Å². The van der Waals surface area contributed by atoms with Gasteiger partial charge in [-0.2, -0.15) is 0 Å². The second kappa shape index (κ2) is 3.09. The third-order valence-electron chi connectivity index (χ3n) is 1.52. The predicted octanol–water partition coefficient (Wildman–Crippen LogP) is -0.692. The normalized spacial score (nSPS) is 40.0. The van der Waals surface area contributed by atoms with Crippen LogP contribution in [0.25, 0.3) is 0 Å². The fourth-order valence-electron chi connectivity index (χ4n) is 0.927. The molecule has 0 aromatic heterocycles. The molecule has 0 aliphatic carbocycles. The van der Waals surface area contributed by atoms with Crippen molar-refractivity contribution in [2.75, 3.05) is 7.11 Å². The van der Waals surface area contributed by atoms with Crippen molar-refractivity contribution < 1.29 is 19.4 Å². The molecule has 0 saturated carbocycles. The zero-order chi connectivity index (χ0) is 7.56. The van der Waals surface area contributed by atoms with Crippen LogP contribution in [0.5, 0.6) is 0 Å². The topological polar surface area (TPSA) is 55.8 Å². The van der Waals surface area contributed by atoms with Crippen LogP contribution in [0.15, 0.2) is 0 Å². The average Bonchev–Trinajstić information content (AvgIpc) is 2.30. The van der Waals surface area contributed by atoms with Crippen LogP contribution < -0.4 is 0 Å². The van der Waals surface area contributed by atoms with Gasteiger partial charge in [0.2, 0.25) is 0 Å². The highest BCUT2D eigenvalue weighted by Crippen LogP contribution is 2.18.